The number of carbonyl (C=O) groups is 2. The normalized spacial score (nSPS) is 18.8. The Bertz CT molecular complexity index is 1690. The largest absolute Gasteiger partial charge is 0.507 e. The van der Waals surface area contributed by atoms with E-state index in [-0.39, 0.29) is 24.0 Å². The van der Waals surface area contributed by atoms with Crippen LogP contribution in [-0.4, -0.2) is 39.4 Å². The van der Waals surface area contributed by atoms with Crippen LogP contribution in [0, 0.1) is 0 Å². The lowest BCUT2D eigenvalue weighted by molar-refractivity contribution is -0.140. The van der Waals surface area contributed by atoms with Gasteiger partial charge in [-0.25, -0.2) is 0 Å². The van der Waals surface area contributed by atoms with Gasteiger partial charge in [0.1, 0.15) is 24.2 Å². The Morgan fingerprint density at radius 3 is 2.51 bits per heavy atom. The van der Waals surface area contributed by atoms with E-state index in [1.807, 2.05) is 56.3 Å². The number of fused-ring (bicyclic) bond motifs is 1. The standard InChI is InChI=1S/C35H32N2O6/c1-3-41-30-19-25(9-12-29(30)42-21-24-7-5-4-6-8-24)32-31(33(38)26-10-11-28-27(18-26)17-22(2)43-28)34(39)35(40)37(32)20-23-13-15-36-16-14-23/h4-16,18-19,22,32,38H,3,17,20-21H2,1-2H3/b33-31+/t22-,32-/m0/s1. The summed E-state index contributed by atoms with van der Waals surface area (Å²) < 4.78 is 17.9. The minimum atomic E-state index is -0.862. The van der Waals surface area contributed by atoms with E-state index < -0.39 is 17.7 Å². The molecule has 0 saturated carbocycles. The fourth-order valence-electron chi connectivity index (χ4n) is 5.62. The number of aliphatic hydroxyl groups excluding tert-OH is 1. The number of hydrogen-bond acceptors (Lipinski definition) is 7. The number of ketones is 1. The first-order chi connectivity index (χ1) is 20.9. The number of aromatic nitrogens is 1. The molecule has 8 nitrogen and oxygen atoms in total. The number of likely N-dealkylation sites (tertiary alicyclic amines) is 1. The van der Waals surface area contributed by atoms with Crippen LogP contribution in [-0.2, 0) is 29.2 Å². The Kier molecular flexibility index (Phi) is 7.83. The zero-order valence-corrected chi connectivity index (χ0v) is 24.0. The number of aliphatic hydroxyl groups is 1. The van der Waals surface area contributed by atoms with E-state index in [9.17, 15) is 14.7 Å². The lowest BCUT2D eigenvalue weighted by Gasteiger charge is -2.26. The summed E-state index contributed by atoms with van der Waals surface area (Å²) in [6.07, 6.45) is 4.00. The number of Topliss-reactive ketones (excluding diaryl/α,β-unsaturated/α-hetero) is 1. The maximum absolute atomic E-state index is 13.6. The average molecular weight is 577 g/mol. The van der Waals surface area contributed by atoms with Crippen LogP contribution in [0.4, 0.5) is 0 Å². The van der Waals surface area contributed by atoms with E-state index in [1.165, 1.54) is 4.90 Å². The molecule has 0 unspecified atom stereocenters. The van der Waals surface area contributed by atoms with Crippen molar-refractivity contribution in [2.24, 2.45) is 0 Å². The Balaban J connectivity index is 1.43. The summed E-state index contributed by atoms with van der Waals surface area (Å²) in [5, 5.41) is 11.6. The maximum Gasteiger partial charge on any atom is 0.295 e. The van der Waals surface area contributed by atoms with Gasteiger partial charge in [-0.3, -0.25) is 14.6 Å². The molecule has 2 atom stereocenters. The van der Waals surface area contributed by atoms with Crippen LogP contribution in [0.25, 0.3) is 5.76 Å². The van der Waals surface area contributed by atoms with Gasteiger partial charge in [0.05, 0.1) is 18.2 Å². The number of pyridine rings is 1. The van der Waals surface area contributed by atoms with Gasteiger partial charge < -0.3 is 24.2 Å². The van der Waals surface area contributed by atoms with Crippen molar-refractivity contribution in [1.82, 2.24) is 9.88 Å². The van der Waals surface area contributed by atoms with Crippen molar-refractivity contribution in [3.8, 4) is 17.2 Å². The third-order valence-corrected chi connectivity index (χ3v) is 7.63. The van der Waals surface area contributed by atoms with Gasteiger partial charge in [0, 0.05) is 30.9 Å². The molecule has 6 rings (SSSR count). The van der Waals surface area contributed by atoms with Gasteiger partial charge in [-0.15, -0.1) is 0 Å². The van der Waals surface area contributed by atoms with Crippen LogP contribution in [0.2, 0.25) is 0 Å². The zero-order valence-electron chi connectivity index (χ0n) is 24.0. The van der Waals surface area contributed by atoms with E-state index >= 15 is 0 Å². The molecule has 1 amide bonds. The lowest BCUT2D eigenvalue weighted by atomic mass is 9.94. The molecule has 0 radical (unpaired) electrons. The van der Waals surface area contributed by atoms with Gasteiger partial charge in [-0.1, -0.05) is 36.4 Å². The summed E-state index contributed by atoms with van der Waals surface area (Å²) in [6, 6.07) is 23.2. The number of nitrogens with zero attached hydrogens (tertiary/aromatic N) is 2. The van der Waals surface area contributed by atoms with Gasteiger partial charge in [-0.2, -0.15) is 0 Å². The monoisotopic (exact) mass is 576 g/mol. The number of rotatable bonds is 9. The summed E-state index contributed by atoms with van der Waals surface area (Å²) in [5.41, 5.74) is 3.84. The number of benzene rings is 3. The molecule has 2 aliphatic heterocycles. The summed E-state index contributed by atoms with van der Waals surface area (Å²) in [6.45, 7) is 4.74. The van der Waals surface area contributed by atoms with Gasteiger partial charge in [-0.05, 0) is 78.6 Å². The second kappa shape index (κ2) is 12.0. The number of amides is 1. The first-order valence-electron chi connectivity index (χ1n) is 14.3. The van der Waals surface area contributed by atoms with Crippen molar-refractivity contribution in [3.05, 3.63) is 125 Å². The second-order valence-electron chi connectivity index (χ2n) is 10.7. The molecule has 0 bridgehead atoms. The van der Waals surface area contributed by atoms with Crippen LogP contribution in [0.5, 0.6) is 17.2 Å². The van der Waals surface area contributed by atoms with Gasteiger partial charge >= 0.3 is 0 Å². The van der Waals surface area contributed by atoms with Crippen LogP contribution in [0.3, 0.4) is 0 Å². The van der Waals surface area contributed by atoms with Crippen molar-refractivity contribution in [3.63, 3.8) is 0 Å². The summed E-state index contributed by atoms with van der Waals surface area (Å²) in [4.78, 5) is 32.7. The Morgan fingerprint density at radius 2 is 1.74 bits per heavy atom. The smallest absolute Gasteiger partial charge is 0.295 e. The second-order valence-corrected chi connectivity index (χ2v) is 10.7. The van der Waals surface area contributed by atoms with E-state index in [1.54, 1.807) is 48.8 Å². The average Bonchev–Trinajstić information content (AvgIpc) is 3.52. The highest BCUT2D eigenvalue weighted by Crippen LogP contribution is 2.43. The van der Waals surface area contributed by atoms with E-state index in [2.05, 4.69) is 4.98 Å². The summed E-state index contributed by atoms with van der Waals surface area (Å²) in [5.74, 6) is 0.103. The molecular formula is C35H32N2O6. The van der Waals surface area contributed by atoms with Gasteiger partial charge in [0.15, 0.2) is 11.5 Å². The van der Waals surface area contributed by atoms with Crippen LogP contribution in [0.1, 0.15) is 47.7 Å². The third kappa shape index (κ3) is 5.68. The Labute approximate surface area is 250 Å². The zero-order chi connectivity index (χ0) is 29.9. The molecule has 0 spiro atoms. The topological polar surface area (TPSA) is 98.2 Å². The van der Waals surface area contributed by atoms with Crippen molar-refractivity contribution in [2.45, 2.75) is 45.6 Å². The first kappa shape index (κ1) is 28.0. The number of hydrogen-bond donors (Lipinski definition) is 1. The molecule has 3 aromatic carbocycles. The molecule has 43 heavy (non-hydrogen) atoms. The summed E-state index contributed by atoms with van der Waals surface area (Å²) in [7, 11) is 0. The predicted octanol–water partition coefficient (Wildman–Crippen LogP) is 6.00. The summed E-state index contributed by atoms with van der Waals surface area (Å²) >= 11 is 0. The third-order valence-electron chi connectivity index (χ3n) is 7.63. The van der Waals surface area contributed by atoms with Crippen molar-refractivity contribution in [2.75, 3.05) is 6.61 Å². The van der Waals surface area contributed by atoms with E-state index in [0.717, 1.165) is 22.4 Å². The molecule has 1 N–H and O–H groups in total. The number of ether oxygens (including phenoxy) is 3. The minimum Gasteiger partial charge on any atom is -0.507 e. The molecular weight excluding hydrogens is 544 g/mol. The maximum atomic E-state index is 13.6. The van der Waals surface area contributed by atoms with Gasteiger partial charge in [0.25, 0.3) is 11.7 Å². The molecule has 1 saturated heterocycles. The molecule has 8 heteroatoms. The predicted molar refractivity (Wildman–Crippen MR) is 161 cm³/mol. The molecule has 2 aliphatic rings. The first-order valence-corrected chi connectivity index (χ1v) is 14.3. The minimum absolute atomic E-state index is 0.0198. The molecule has 218 valence electrons. The molecule has 3 heterocycles. The van der Waals surface area contributed by atoms with Crippen molar-refractivity contribution >= 4 is 17.4 Å². The van der Waals surface area contributed by atoms with Crippen molar-refractivity contribution < 1.29 is 28.9 Å². The highest BCUT2D eigenvalue weighted by atomic mass is 16.5. The highest BCUT2D eigenvalue weighted by molar-refractivity contribution is 6.46. The fourth-order valence-corrected chi connectivity index (χ4v) is 5.62. The Morgan fingerprint density at radius 1 is 0.953 bits per heavy atom. The van der Waals surface area contributed by atoms with Crippen molar-refractivity contribution in [1.29, 1.82) is 0 Å². The Hall–Kier alpha value is -5.11. The molecule has 0 aliphatic carbocycles. The quantitative estimate of drug-likeness (QED) is 0.148. The van der Waals surface area contributed by atoms with Crippen LogP contribution < -0.4 is 14.2 Å². The number of carbonyl (C=O) groups excluding carboxylic acids is 2. The molecule has 1 fully saturated rings. The molecule has 4 aromatic rings. The highest BCUT2D eigenvalue weighted by Gasteiger charge is 2.46. The van der Waals surface area contributed by atoms with E-state index in [4.69, 9.17) is 14.2 Å². The van der Waals surface area contributed by atoms with Gasteiger partial charge in [0.2, 0.25) is 0 Å². The van der Waals surface area contributed by atoms with Crippen LogP contribution >= 0.6 is 0 Å². The lowest BCUT2D eigenvalue weighted by Crippen LogP contribution is -2.29. The molecule has 1 aromatic heterocycles. The SMILES string of the molecule is CCOc1cc([C@H]2/C(=C(\O)c3ccc4c(c3)C[C@H](C)O4)C(=O)C(=O)N2Cc2ccncc2)ccc1OCc1ccccc1. The van der Waals surface area contributed by atoms with Crippen LogP contribution in [0.15, 0.2) is 96.8 Å². The van der Waals surface area contributed by atoms with E-state index in [0.29, 0.717) is 42.3 Å². The fraction of sp³-hybridized carbons (Fsp3) is 0.229.